The number of anilines is 1. The first kappa shape index (κ1) is 10.4. The molecule has 0 saturated heterocycles. The summed E-state index contributed by atoms with van der Waals surface area (Å²) < 4.78 is 37.2. The van der Waals surface area contributed by atoms with E-state index in [1.54, 1.807) is 0 Å². The van der Waals surface area contributed by atoms with Crippen molar-refractivity contribution in [2.45, 2.75) is 12.6 Å². The molecular weight excluding hydrogens is 247 g/mol. The third-order valence-electron chi connectivity index (χ3n) is 1.56. The molecule has 0 aliphatic rings. The van der Waals surface area contributed by atoms with Gasteiger partial charge in [0.25, 0.3) is 6.43 Å². The second-order valence-electron chi connectivity index (χ2n) is 2.52. The first-order chi connectivity index (χ1) is 6.02. The van der Waals surface area contributed by atoms with Crippen LogP contribution < -0.4 is 5.73 Å². The lowest BCUT2D eigenvalue weighted by Gasteiger charge is -2.08. The minimum Gasteiger partial charge on any atom is -0.398 e. The first-order valence-electron chi connectivity index (χ1n) is 3.49. The molecule has 0 spiro atoms. The molecule has 0 aromatic heterocycles. The van der Waals surface area contributed by atoms with Crippen LogP contribution in [0.1, 0.15) is 11.7 Å². The largest absolute Gasteiger partial charge is 0.398 e. The third kappa shape index (κ3) is 2.37. The van der Waals surface area contributed by atoms with Crippen LogP contribution in [0.5, 0.6) is 0 Å². The van der Waals surface area contributed by atoms with Crippen LogP contribution in [0.25, 0.3) is 0 Å². The Kier molecular flexibility index (Phi) is 3.19. The van der Waals surface area contributed by atoms with Crippen LogP contribution in [-0.2, 0) is 0 Å². The highest BCUT2D eigenvalue weighted by molar-refractivity contribution is 9.10. The Balaban J connectivity index is 2.97. The summed E-state index contributed by atoms with van der Waals surface area (Å²) in [5, 5.41) is 0. The van der Waals surface area contributed by atoms with E-state index in [9.17, 15) is 13.2 Å². The number of benzene rings is 1. The Morgan fingerprint density at radius 1 is 1.23 bits per heavy atom. The number of nitrogens with two attached hydrogens (primary N) is 1. The van der Waals surface area contributed by atoms with Crippen molar-refractivity contribution in [3.8, 4) is 0 Å². The Bertz CT molecular complexity index is 303. The summed E-state index contributed by atoms with van der Waals surface area (Å²) in [4.78, 5) is 0. The molecule has 13 heavy (non-hydrogen) atoms. The summed E-state index contributed by atoms with van der Waals surface area (Å²) in [6.07, 6.45) is -5.28. The van der Waals surface area contributed by atoms with Gasteiger partial charge in [0.2, 0.25) is 0 Å². The fourth-order valence-corrected chi connectivity index (χ4v) is 1.13. The first-order valence-corrected chi connectivity index (χ1v) is 4.29. The highest BCUT2D eigenvalue weighted by atomic mass is 79.9. The zero-order valence-electron chi connectivity index (χ0n) is 6.48. The molecule has 0 bridgehead atoms. The molecule has 0 heterocycles. The van der Waals surface area contributed by atoms with E-state index in [2.05, 4.69) is 15.9 Å². The highest BCUT2D eigenvalue weighted by Crippen LogP contribution is 2.29. The Morgan fingerprint density at radius 3 is 2.31 bits per heavy atom. The number of halogens is 4. The van der Waals surface area contributed by atoms with Gasteiger partial charge in [-0.25, -0.2) is 13.2 Å². The molecule has 5 heteroatoms. The van der Waals surface area contributed by atoms with Gasteiger partial charge in [0.15, 0.2) is 6.17 Å². The van der Waals surface area contributed by atoms with E-state index in [0.717, 1.165) is 0 Å². The van der Waals surface area contributed by atoms with Crippen molar-refractivity contribution in [3.05, 3.63) is 28.2 Å². The summed E-state index contributed by atoms with van der Waals surface area (Å²) in [6.45, 7) is 0. The van der Waals surface area contributed by atoms with Gasteiger partial charge < -0.3 is 5.73 Å². The quantitative estimate of drug-likeness (QED) is 0.805. The molecule has 1 aromatic rings. The molecule has 1 aromatic carbocycles. The maximum absolute atomic E-state index is 12.7. The normalized spacial score (nSPS) is 13.3. The standard InChI is InChI=1S/C8H7BrF3N/c9-5-2-1-4(3-6(5)13)7(10)8(11)12/h1-3,7-8H,13H2. The van der Waals surface area contributed by atoms with Crippen LogP contribution in [0, 0.1) is 0 Å². The lowest BCUT2D eigenvalue weighted by atomic mass is 10.1. The van der Waals surface area contributed by atoms with Gasteiger partial charge in [-0.1, -0.05) is 6.07 Å². The second kappa shape index (κ2) is 4.00. The molecule has 1 atom stereocenters. The predicted octanol–water partition coefficient (Wildman–Crippen LogP) is 3.31. The maximum atomic E-state index is 12.7. The van der Waals surface area contributed by atoms with Gasteiger partial charge in [0.1, 0.15) is 0 Å². The lowest BCUT2D eigenvalue weighted by Crippen LogP contribution is -2.03. The van der Waals surface area contributed by atoms with E-state index < -0.39 is 12.6 Å². The number of rotatable bonds is 2. The van der Waals surface area contributed by atoms with Gasteiger partial charge in [0, 0.05) is 10.2 Å². The molecule has 0 fully saturated rings. The average Bonchev–Trinajstić information content (AvgIpc) is 2.08. The van der Waals surface area contributed by atoms with Crippen molar-refractivity contribution < 1.29 is 13.2 Å². The minimum atomic E-state index is -3.01. The zero-order valence-corrected chi connectivity index (χ0v) is 8.06. The van der Waals surface area contributed by atoms with Crippen molar-refractivity contribution in [3.63, 3.8) is 0 Å². The van der Waals surface area contributed by atoms with Gasteiger partial charge in [-0.2, -0.15) is 0 Å². The van der Waals surface area contributed by atoms with E-state index in [4.69, 9.17) is 5.73 Å². The van der Waals surface area contributed by atoms with E-state index in [0.29, 0.717) is 4.47 Å². The SMILES string of the molecule is Nc1cc(C(F)C(F)F)ccc1Br. The highest BCUT2D eigenvalue weighted by Gasteiger charge is 2.21. The topological polar surface area (TPSA) is 26.0 Å². The van der Waals surface area contributed by atoms with Crippen LogP contribution in [-0.4, -0.2) is 6.43 Å². The van der Waals surface area contributed by atoms with Crippen molar-refractivity contribution in [2.75, 3.05) is 5.73 Å². The van der Waals surface area contributed by atoms with Gasteiger partial charge >= 0.3 is 0 Å². The minimum absolute atomic E-state index is 0.101. The maximum Gasteiger partial charge on any atom is 0.273 e. The van der Waals surface area contributed by atoms with Gasteiger partial charge in [-0.05, 0) is 33.6 Å². The smallest absolute Gasteiger partial charge is 0.273 e. The second-order valence-corrected chi connectivity index (χ2v) is 3.37. The Hall–Kier alpha value is -0.710. The van der Waals surface area contributed by atoms with E-state index >= 15 is 0 Å². The third-order valence-corrected chi connectivity index (χ3v) is 2.28. The molecule has 72 valence electrons. The predicted molar refractivity (Wildman–Crippen MR) is 48.4 cm³/mol. The fourth-order valence-electron chi connectivity index (χ4n) is 0.879. The molecule has 1 unspecified atom stereocenters. The average molecular weight is 254 g/mol. The van der Waals surface area contributed by atoms with Crippen LogP contribution in [0.4, 0.5) is 18.9 Å². The van der Waals surface area contributed by atoms with Crippen molar-refractivity contribution in [1.29, 1.82) is 0 Å². The number of alkyl halides is 3. The molecule has 0 amide bonds. The van der Waals surface area contributed by atoms with E-state index in [-0.39, 0.29) is 11.3 Å². The molecule has 0 saturated carbocycles. The number of hydrogen-bond acceptors (Lipinski definition) is 1. The van der Waals surface area contributed by atoms with Crippen LogP contribution in [0.3, 0.4) is 0 Å². The monoisotopic (exact) mass is 253 g/mol. The molecule has 1 nitrogen and oxygen atoms in total. The molecular formula is C8H7BrF3N. The number of nitrogen functional groups attached to an aromatic ring is 1. The summed E-state index contributed by atoms with van der Waals surface area (Å²) in [6, 6.07) is 3.91. The van der Waals surface area contributed by atoms with Crippen molar-refractivity contribution >= 4 is 21.6 Å². The van der Waals surface area contributed by atoms with E-state index in [1.165, 1.54) is 18.2 Å². The van der Waals surface area contributed by atoms with Crippen LogP contribution in [0.2, 0.25) is 0 Å². The number of hydrogen-bond donors (Lipinski definition) is 1. The van der Waals surface area contributed by atoms with Crippen molar-refractivity contribution in [1.82, 2.24) is 0 Å². The molecule has 2 N–H and O–H groups in total. The summed E-state index contributed by atoms with van der Waals surface area (Å²) in [7, 11) is 0. The molecule has 1 rings (SSSR count). The summed E-state index contributed by atoms with van der Waals surface area (Å²) in [5.41, 5.74) is 5.55. The summed E-state index contributed by atoms with van der Waals surface area (Å²) in [5.74, 6) is 0. The van der Waals surface area contributed by atoms with Crippen LogP contribution in [0.15, 0.2) is 22.7 Å². The lowest BCUT2D eigenvalue weighted by molar-refractivity contribution is 0.0496. The Morgan fingerprint density at radius 2 is 1.85 bits per heavy atom. The molecule has 0 radical (unpaired) electrons. The van der Waals surface area contributed by atoms with Gasteiger partial charge in [-0.15, -0.1) is 0 Å². The Labute approximate surface area is 81.9 Å². The molecule has 0 aliphatic heterocycles. The van der Waals surface area contributed by atoms with Gasteiger partial charge in [-0.3, -0.25) is 0 Å². The van der Waals surface area contributed by atoms with E-state index in [1.807, 2.05) is 0 Å². The van der Waals surface area contributed by atoms with Crippen molar-refractivity contribution in [2.24, 2.45) is 0 Å². The fraction of sp³-hybridized carbons (Fsp3) is 0.250. The van der Waals surface area contributed by atoms with Gasteiger partial charge in [0.05, 0.1) is 0 Å². The zero-order chi connectivity index (χ0) is 10.0. The van der Waals surface area contributed by atoms with Crippen LogP contribution >= 0.6 is 15.9 Å². The summed E-state index contributed by atoms with van der Waals surface area (Å²) >= 11 is 3.08. The molecule has 0 aliphatic carbocycles.